The first-order chi connectivity index (χ1) is 13.7. The summed E-state index contributed by atoms with van der Waals surface area (Å²) in [5, 5.41) is 0. The largest absolute Gasteiger partial charge is 0.497 e. The Morgan fingerprint density at radius 2 is 1.64 bits per heavy atom. The number of benzene rings is 2. The molecule has 0 atom stereocenters. The Bertz CT molecular complexity index is 1120. The minimum absolute atomic E-state index is 0.845. The number of piperazine rings is 1. The van der Waals surface area contributed by atoms with Gasteiger partial charge in [0.25, 0.3) is 0 Å². The first-order valence-corrected chi connectivity index (χ1v) is 9.71. The molecular weight excluding hydrogens is 348 g/mol. The molecule has 1 aliphatic heterocycles. The molecule has 0 spiro atoms. The molecular formula is C23H24N4O. The number of nitrogens with zero attached hydrogens (tertiary/aromatic N) is 4. The van der Waals surface area contributed by atoms with Crippen LogP contribution in [0.2, 0.25) is 0 Å². The molecule has 2 aromatic heterocycles. The topological polar surface area (TPSA) is 33.0 Å². The highest BCUT2D eigenvalue weighted by molar-refractivity contribution is 5.83. The second kappa shape index (κ2) is 6.84. The van der Waals surface area contributed by atoms with Crippen LogP contribution in [-0.4, -0.2) is 54.6 Å². The molecule has 4 aromatic rings. The van der Waals surface area contributed by atoms with Crippen molar-refractivity contribution in [2.75, 3.05) is 45.2 Å². The quantitative estimate of drug-likeness (QED) is 0.546. The molecule has 0 saturated carbocycles. The van der Waals surface area contributed by atoms with Gasteiger partial charge in [0, 0.05) is 44.1 Å². The van der Waals surface area contributed by atoms with E-state index in [1.807, 2.05) is 18.2 Å². The van der Waals surface area contributed by atoms with E-state index in [0.717, 1.165) is 48.6 Å². The summed E-state index contributed by atoms with van der Waals surface area (Å²) in [6.07, 6.45) is 2.09. The van der Waals surface area contributed by atoms with Crippen molar-refractivity contribution in [2.24, 2.45) is 0 Å². The highest BCUT2D eigenvalue weighted by Crippen LogP contribution is 2.27. The lowest BCUT2D eigenvalue weighted by Crippen LogP contribution is -2.44. The van der Waals surface area contributed by atoms with Crippen LogP contribution in [0.4, 0.5) is 5.69 Å². The van der Waals surface area contributed by atoms with Gasteiger partial charge in [0.15, 0.2) is 0 Å². The Kier molecular flexibility index (Phi) is 4.17. The van der Waals surface area contributed by atoms with Gasteiger partial charge in [0.2, 0.25) is 0 Å². The number of methoxy groups -OCH3 is 1. The molecule has 3 heterocycles. The standard InChI is InChI=1S/C23H24N4O/c1-25-11-13-26(14-12-25)19-5-3-17(4-6-19)18-9-10-27-22-16-20(28-2)7-8-21(22)24-23(27)15-18/h3-10,15-16H,11-14H2,1-2H3. The van der Waals surface area contributed by atoms with Crippen molar-refractivity contribution >= 4 is 22.4 Å². The van der Waals surface area contributed by atoms with Gasteiger partial charge in [-0.25, -0.2) is 4.98 Å². The van der Waals surface area contributed by atoms with E-state index in [9.17, 15) is 0 Å². The maximum absolute atomic E-state index is 5.35. The number of ether oxygens (including phenoxy) is 1. The number of hydrogen-bond acceptors (Lipinski definition) is 4. The highest BCUT2D eigenvalue weighted by atomic mass is 16.5. The Balaban J connectivity index is 1.46. The van der Waals surface area contributed by atoms with E-state index in [1.165, 1.54) is 16.8 Å². The van der Waals surface area contributed by atoms with E-state index in [0.29, 0.717) is 0 Å². The van der Waals surface area contributed by atoms with E-state index in [4.69, 9.17) is 9.72 Å². The van der Waals surface area contributed by atoms with Crippen LogP contribution < -0.4 is 9.64 Å². The van der Waals surface area contributed by atoms with Gasteiger partial charge in [-0.1, -0.05) is 12.1 Å². The van der Waals surface area contributed by atoms with Gasteiger partial charge in [-0.3, -0.25) is 4.40 Å². The molecule has 28 heavy (non-hydrogen) atoms. The molecule has 5 nitrogen and oxygen atoms in total. The van der Waals surface area contributed by atoms with Crippen molar-refractivity contribution in [1.29, 1.82) is 0 Å². The zero-order chi connectivity index (χ0) is 19.1. The molecule has 0 amide bonds. The maximum Gasteiger partial charge on any atom is 0.138 e. The average molecular weight is 372 g/mol. The minimum Gasteiger partial charge on any atom is -0.497 e. The van der Waals surface area contributed by atoms with Crippen molar-refractivity contribution in [2.45, 2.75) is 0 Å². The zero-order valence-corrected chi connectivity index (χ0v) is 16.3. The summed E-state index contributed by atoms with van der Waals surface area (Å²) >= 11 is 0. The van der Waals surface area contributed by atoms with Crippen molar-refractivity contribution in [3.05, 3.63) is 60.8 Å². The van der Waals surface area contributed by atoms with Crippen LogP contribution in [0.25, 0.3) is 27.8 Å². The molecule has 0 radical (unpaired) electrons. The summed E-state index contributed by atoms with van der Waals surface area (Å²) in [6.45, 7) is 4.42. The summed E-state index contributed by atoms with van der Waals surface area (Å²) in [6, 6.07) is 19.2. The third-order valence-electron chi connectivity index (χ3n) is 5.68. The lowest BCUT2D eigenvalue weighted by Gasteiger charge is -2.34. The molecule has 1 fully saturated rings. The predicted octanol–water partition coefficient (Wildman–Crippen LogP) is 3.91. The third-order valence-corrected chi connectivity index (χ3v) is 5.68. The maximum atomic E-state index is 5.35. The SMILES string of the molecule is COc1ccc2nc3cc(-c4ccc(N5CCN(C)CC5)cc4)ccn3c2c1. The molecule has 1 saturated heterocycles. The fourth-order valence-electron chi connectivity index (χ4n) is 3.93. The van der Waals surface area contributed by atoms with Crippen LogP contribution in [-0.2, 0) is 0 Å². The van der Waals surface area contributed by atoms with Crippen molar-refractivity contribution in [3.8, 4) is 16.9 Å². The Morgan fingerprint density at radius 1 is 0.857 bits per heavy atom. The molecule has 0 unspecified atom stereocenters. The normalized spacial score (nSPS) is 15.4. The molecule has 0 aliphatic carbocycles. The van der Waals surface area contributed by atoms with Gasteiger partial charge >= 0.3 is 0 Å². The van der Waals surface area contributed by atoms with Crippen LogP contribution >= 0.6 is 0 Å². The number of rotatable bonds is 3. The average Bonchev–Trinajstić information content (AvgIpc) is 3.11. The van der Waals surface area contributed by atoms with Crippen LogP contribution in [0.3, 0.4) is 0 Å². The summed E-state index contributed by atoms with van der Waals surface area (Å²) in [5.41, 5.74) is 6.68. The second-order valence-corrected chi connectivity index (χ2v) is 7.45. The summed E-state index contributed by atoms with van der Waals surface area (Å²) in [5.74, 6) is 0.845. The lowest BCUT2D eigenvalue weighted by molar-refractivity contribution is 0.313. The summed E-state index contributed by atoms with van der Waals surface area (Å²) < 4.78 is 7.46. The first-order valence-electron chi connectivity index (χ1n) is 9.71. The van der Waals surface area contributed by atoms with E-state index >= 15 is 0 Å². The number of aromatic nitrogens is 2. The van der Waals surface area contributed by atoms with Crippen molar-refractivity contribution < 1.29 is 4.74 Å². The number of imidazole rings is 1. The van der Waals surface area contributed by atoms with Gasteiger partial charge in [-0.05, 0) is 54.6 Å². The lowest BCUT2D eigenvalue weighted by atomic mass is 10.1. The van der Waals surface area contributed by atoms with Gasteiger partial charge < -0.3 is 14.5 Å². The van der Waals surface area contributed by atoms with Crippen LogP contribution in [0.15, 0.2) is 60.8 Å². The molecule has 0 N–H and O–H groups in total. The third kappa shape index (κ3) is 2.98. The van der Waals surface area contributed by atoms with Crippen LogP contribution in [0.5, 0.6) is 5.75 Å². The van der Waals surface area contributed by atoms with E-state index in [2.05, 4.69) is 63.8 Å². The first kappa shape index (κ1) is 17.1. The van der Waals surface area contributed by atoms with Gasteiger partial charge in [0.05, 0.1) is 18.1 Å². The van der Waals surface area contributed by atoms with E-state index in [-0.39, 0.29) is 0 Å². The molecule has 142 valence electrons. The Hall–Kier alpha value is -3.05. The highest BCUT2D eigenvalue weighted by Gasteiger charge is 2.14. The fraction of sp³-hybridized carbons (Fsp3) is 0.261. The smallest absolute Gasteiger partial charge is 0.138 e. The van der Waals surface area contributed by atoms with Gasteiger partial charge in [0.1, 0.15) is 11.4 Å². The number of anilines is 1. The molecule has 2 aromatic carbocycles. The molecule has 0 bridgehead atoms. The fourth-order valence-corrected chi connectivity index (χ4v) is 3.93. The van der Waals surface area contributed by atoms with Crippen LogP contribution in [0.1, 0.15) is 0 Å². The predicted molar refractivity (Wildman–Crippen MR) is 114 cm³/mol. The molecule has 5 rings (SSSR count). The summed E-state index contributed by atoms with van der Waals surface area (Å²) in [7, 11) is 3.88. The number of hydrogen-bond donors (Lipinski definition) is 0. The molecule has 1 aliphatic rings. The van der Waals surface area contributed by atoms with Gasteiger partial charge in [-0.15, -0.1) is 0 Å². The second-order valence-electron chi connectivity index (χ2n) is 7.45. The van der Waals surface area contributed by atoms with E-state index in [1.54, 1.807) is 7.11 Å². The summed E-state index contributed by atoms with van der Waals surface area (Å²) in [4.78, 5) is 9.61. The number of likely N-dealkylation sites (N-methyl/N-ethyl adjacent to an activating group) is 1. The van der Waals surface area contributed by atoms with Crippen molar-refractivity contribution in [3.63, 3.8) is 0 Å². The zero-order valence-electron chi connectivity index (χ0n) is 16.3. The Morgan fingerprint density at radius 3 is 2.39 bits per heavy atom. The van der Waals surface area contributed by atoms with Crippen LogP contribution in [0, 0.1) is 0 Å². The van der Waals surface area contributed by atoms with Gasteiger partial charge in [-0.2, -0.15) is 0 Å². The van der Waals surface area contributed by atoms with Crippen molar-refractivity contribution in [1.82, 2.24) is 14.3 Å². The number of fused-ring (bicyclic) bond motifs is 3. The number of pyridine rings is 1. The van der Waals surface area contributed by atoms with E-state index < -0.39 is 0 Å². The Labute approximate surface area is 164 Å². The molecule has 5 heteroatoms. The monoisotopic (exact) mass is 372 g/mol. The minimum atomic E-state index is 0.845.